The van der Waals surface area contributed by atoms with Crippen molar-refractivity contribution in [1.82, 2.24) is 0 Å². The van der Waals surface area contributed by atoms with Gasteiger partial charge in [-0.15, -0.1) is 6.58 Å². The maximum atomic E-state index is 6.14. The third-order valence-electron chi connectivity index (χ3n) is 2.85. The van der Waals surface area contributed by atoms with Crippen LogP contribution in [-0.2, 0) is 6.42 Å². The van der Waals surface area contributed by atoms with Crippen molar-refractivity contribution in [2.45, 2.75) is 25.3 Å². The number of hydrogen-bond donors (Lipinski definition) is 1. The third-order valence-corrected chi connectivity index (χ3v) is 2.85. The highest BCUT2D eigenvalue weighted by molar-refractivity contribution is 5.28. The molecule has 0 radical (unpaired) electrons. The van der Waals surface area contributed by atoms with Crippen molar-refractivity contribution < 1.29 is 0 Å². The fraction of sp³-hybridized carbons (Fsp3) is 0.385. The SMILES string of the molecule is C=CCc1cccc(C(N)C2CC2)c1. The van der Waals surface area contributed by atoms with Crippen molar-refractivity contribution in [2.75, 3.05) is 0 Å². The van der Waals surface area contributed by atoms with Crippen LogP contribution in [0.4, 0.5) is 0 Å². The maximum absolute atomic E-state index is 6.14. The van der Waals surface area contributed by atoms with Crippen LogP contribution < -0.4 is 5.73 Å². The molecule has 1 nitrogen and oxygen atoms in total. The summed E-state index contributed by atoms with van der Waals surface area (Å²) in [7, 11) is 0. The molecule has 0 spiro atoms. The van der Waals surface area contributed by atoms with Gasteiger partial charge in [0.2, 0.25) is 0 Å². The topological polar surface area (TPSA) is 26.0 Å². The second-order valence-corrected chi connectivity index (χ2v) is 4.10. The quantitative estimate of drug-likeness (QED) is 0.721. The minimum atomic E-state index is 0.250. The Morgan fingerprint density at radius 2 is 2.29 bits per heavy atom. The van der Waals surface area contributed by atoms with E-state index in [4.69, 9.17) is 5.73 Å². The van der Waals surface area contributed by atoms with Crippen LogP contribution in [0.3, 0.4) is 0 Å². The van der Waals surface area contributed by atoms with Gasteiger partial charge in [-0.2, -0.15) is 0 Å². The Kier molecular flexibility index (Phi) is 2.69. The van der Waals surface area contributed by atoms with Crippen LogP contribution in [0.25, 0.3) is 0 Å². The van der Waals surface area contributed by atoms with Crippen LogP contribution in [0.1, 0.15) is 30.0 Å². The molecule has 1 heteroatoms. The van der Waals surface area contributed by atoms with E-state index in [2.05, 4.69) is 30.8 Å². The molecule has 2 N–H and O–H groups in total. The Morgan fingerprint density at radius 3 is 2.93 bits per heavy atom. The first-order valence-electron chi connectivity index (χ1n) is 5.26. The first-order valence-corrected chi connectivity index (χ1v) is 5.26. The minimum absolute atomic E-state index is 0.250. The molecular weight excluding hydrogens is 170 g/mol. The van der Waals surface area contributed by atoms with Gasteiger partial charge in [0, 0.05) is 6.04 Å². The van der Waals surface area contributed by atoms with Crippen molar-refractivity contribution in [3.63, 3.8) is 0 Å². The van der Waals surface area contributed by atoms with E-state index in [-0.39, 0.29) is 6.04 Å². The molecule has 1 aliphatic carbocycles. The van der Waals surface area contributed by atoms with E-state index in [0.29, 0.717) is 0 Å². The van der Waals surface area contributed by atoms with Gasteiger partial charge in [0.15, 0.2) is 0 Å². The second kappa shape index (κ2) is 3.97. The van der Waals surface area contributed by atoms with Crippen molar-refractivity contribution in [3.8, 4) is 0 Å². The number of rotatable bonds is 4. The molecule has 1 atom stereocenters. The van der Waals surface area contributed by atoms with Crippen LogP contribution in [0.2, 0.25) is 0 Å². The maximum Gasteiger partial charge on any atom is 0.0323 e. The van der Waals surface area contributed by atoms with E-state index in [9.17, 15) is 0 Å². The molecule has 0 aromatic heterocycles. The van der Waals surface area contributed by atoms with Crippen LogP contribution in [0, 0.1) is 5.92 Å². The highest BCUT2D eigenvalue weighted by Crippen LogP contribution is 2.39. The Morgan fingerprint density at radius 1 is 1.50 bits per heavy atom. The van der Waals surface area contributed by atoms with Gasteiger partial charge in [-0.1, -0.05) is 30.3 Å². The van der Waals surface area contributed by atoms with Gasteiger partial charge in [-0.25, -0.2) is 0 Å². The summed E-state index contributed by atoms with van der Waals surface area (Å²) in [5.41, 5.74) is 8.74. The van der Waals surface area contributed by atoms with Crippen LogP contribution >= 0.6 is 0 Å². The summed E-state index contributed by atoms with van der Waals surface area (Å²) in [5, 5.41) is 0. The lowest BCUT2D eigenvalue weighted by molar-refractivity contribution is 0.633. The third kappa shape index (κ3) is 2.05. The second-order valence-electron chi connectivity index (χ2n) is 4.10. The zero-order chi connectivity index (χ0) is 9.97. The van der Waals surface area contributed by atoms with Crippen molar-refractivity contribution in [3.05, 3.63) is 48.0 Å². The van der Waals surface area contributed by atoms with E-state index >= 15 is 0 Å². The number of nitrogens with two attached hydrogens (primary N) is 1. The molecular formula is C13H17N. The van der Waals surface area contributed by atoms with E-state index in [1.165, 1.54) is 24.0 Å². The molecule has 0 heterocycles. The smallest absolute Gasteiger partial charge is 0.0323 e. The number of benzene rings is 1. The lowest BCUT2D eigenvalue weighted by atomic mass is 10.00. The molecule has 0 saturated heterocycles. The Labute approximate surface area is 85.6 Å². The molecule has 14 heavy (non-hydrogen) atoms. The Bertz CT molecular complexity index is 326. The van der Waals surface area contributed by atoms with Crippen LogP contribution in [0.15, 0.2) is 36.9 Å². The first kappa shape index (κ1) is 9.47. The zero-order valence-electron chi connectivity index (χ0n) is 8.45. The summed E-state index contributed by atoms with van der Waals surface area (Å²) in [6.45, 7) is 3.75. The van der Waals surface area contributed by atoms with Crippen molar-refractivity contribution >= 4 is 0 Å². The summed E-state index contributed by atoms with van der Waals surface area (Å²) < 4.78 is 0. The molecule has 1 aromatic rings. The van der Waals surface area contributed by atoms with Gasteiger partial charge in [0.1, 0.15) is 0 Å². The summed E-state index contributed by atoms with van der Waals surface area (Å²) in [6.07, 6.45) is 5.46. The highest BCUT2D eigenvalue weighted by atomic mass is 14.7. The summed E-state index contributed by atoms with van der Waals surface area (Å²) in [5.74, 6) is 0.731. The Balaban J connectivity index is 2.15. The van der Waals surface area contributed by atoms with E-state index in [1.54, 1.807) is 0 Å². The molecule has 1 unspecified atom stereocenters. The van der Waals surface area contributed by atoms with Gasteiger partial charge in [-0.3, -0.25) is 0 Å². The molecule has 0 aliphatic heterocycles. The Hall–Kier alpha value is -1.08. The predicted molar refractivity (Wildman–Crippen MR) is 60.0 cm³/mol. The largest absolute Gasteiger partial charge is 0.324 e. The predicted octanol–water partition coefficient (Wildman–Crippen LogP) is 2.82. The average Bonchev–Trinajstić information content (AvgIpc) is 3.01. The molecule has 0 amide bonds. The van der Waals surface area contributed by atoms with Crippen LogP contribution in [0.5, 0.6) is 0 Å². The van der Waals surface area contributed by atoms with E-state index < -0.39 is 0 Å². The van der Waals surface area contributed by atoms with Gasteiger partial charge in [0.05, 0.1) is 0 Å². The monoisotopic (exact) mass is 187 g/mol. The summed E-state index contributed by atoms with van der Waals surface area (Å²) in [6, 6.07) is 8.82. The molecule has 0 bridgehead atoms. The van der Waals surface area contributed by atoms with E-state index in [1.807, 2.05) is 6.08 Å². The van der Waals surface area contributed by atoms with Crippen molar-refractivity contribution in [2.24, 2.45) is 11.7 Å². The van der Waals surface area contributed by atoms with Gasteiger partial charge >= 0.3 is 0 Å². The molecule has 1 aromatic carbocycles. The van der Waals surface area contributed by atoms with E-state index in [0.717, 1.165) is 12.3 Å². The summed E-state index contributed by atoms with van der Waals surface area (Å²) >= 11 is 0. The van der Waals surface area contributed by atoms with Gasteiger partial charge < -0.3 is 5.73 Å². The minimum Gasteiger partial charge on any atom is -0.324 e. The lowest BCUT2D eigenvalue weighted by Gasteiger charge is -2.11. The zero-order valence-corrected chi connectivity index (χ0v) is 8.45. The molecule has 1 aliphatic rings. The number of hydrogen-bond acceptors (Lipinski definition) is 1. The molecule has 2 rings (SSSR count). The van der Waals surface area contributed by atoms with Crippen LogP contribution in [-0.4, -0.2) is 0 Å². The fourth-order valence-corrected chi connectivity index (χ4v) is 1.82. The molecule has 1 fully saturated rings. The van der Waals surface area contributed by atoms with Crippen molar-refractivity contribution in [1.29, 1.82) is 0 Å². The lowest BCUT2D eigenvalue weighted by Crippen LogP contribution is -2.12. The highest BCUT2D eigenvalue weighted by Gasteiger charge is 2.29. The van der Waals surface area contributed by atoms with Gasteiger partial charge in [0.25, 0.3) is 0 Å². The molecule has 1 saturated carbocycles. The van der Waals surface area contributed by atoms with Gasteiger partial charge in [-0.05, 0) is 36.3 Å². The number of allylic oxidation sites excluding steroid dienone is 1. The first-order chi connectivity index (χ1) is 6.81. The molecule has 74 valence electrons. The standard InChI is InChI=1S/C13H17N/c1-2-4-10-5-3-6-12(9-10)13(14)11-7-8-11/h2-3,5-6,9,11,13H,1,4,7-8,14H2. The normalized spacial score (nSPS) is 17.8. The summed E-state index contributed by atoms with van der Waals surface area (Å²) in [4.78, 5) is 0. The fourth-order valence-electron chi connectivity index (χ4n) is 1.82. The average molecular weight is 187 g/mol.